The highest BCUT2D eigenvalue weighted by molar-refractivity contribution is 5.85. The Balaban J connectivity index is 0.00000147. The van der Waals surface area contributed by atoms with Crippen LogP contribution in [0, 0.1) is 5.92 Å². The number of hydrogen-bond acceptors (Lipinski definition) is 3. The van der Waals surface area contributed by atoms with E-state index in [4.69, 9.17) is 9.47 Å². The van der Waals surface area contributed by atoms with Gasteiger partial charge >= 0.3 is 0 Å². The maximum absolute atomic E-state index is 5.53. The second-order valence-corrected chi connectivity index (χ2v) is 5.92. The second-order valence-electron chi connectivity index (χ2n) is 5.92. The molecule has 0 radical (unpaired) electrons. The van der Waals surface area contributed by atoms with E-state index in [9.17, 15) is 0 Å². The zero-order valence-corrected chi connectivity index (χ0v) is 13.3. The van der Waals surface area contributed by atoms with Gasteiger partial charge in [0.1, 0.15) is 0 Å². The van der Waals surface area contributed by atoms with Crippen LogP contribution < -0.4 is 9.47 Å². The number of hydrogen-bond donors (Lipinski definition) is 0. The lowest BCUT2D eigenvalue weighted by Crippen LogP contribution is -2.24. The standard InChI is InChI=1S/C16H23NO2.ClH/c1-4-5-6-11-7-12-8-14-15(19-10-18-14)9-13(12)16(11)17(2)3;/h8-9,11,16H,4-7,10H2,1-3H3;1H/t11-,16+;/m1./s1. The normalized spacial score (nSPS) is 22.8. The molecular formula is C16H24ClNO2. The van der Waals surface area contributed by atoms with Crippen LogP contribution in [-0.4, -0.2) is 25.8 Å². The van der Waals surface area contributed by atoms with Crippen molar-refractivity contribution >= 4 is 12.4 Å². The molecule has 20 heavy (non-hydrogen) atoms. The van der Waals surface area contributed by atoms with Gasteiger partial charge in [0.05, 0.1) is 0 Å². The molecule has 0 saturated carbocycles. The number of nitrogens with zero attached hydrogens (tertiary/aromatic N) is 1. The van der Waals surface area contributed by atoms with E-state index >= 15 is 0 Å². The van der Waals surface area contributed by atoms with Crippen molar-refractivity contribution in [1.82, 2.24) is 4.90 Å². The lowest BCUT2D eigenvalue weighted by molar-refractivity contribution is 0.173. The molecule has 1 aromatic carbocycles. The first kappa shape index (κ1) is 15.5. The molecule has 4 heteroatoms. The number of unbranched alkanes of at least 4 members (excludes halogenated alkanes) is 1. The SMILES string of the molecule is CCCC[C@@H]1Cc2cc3c(cc2[C@H]1N(C)C)OCO3.Cl. The molecule has 0 saturated heterocycles. The van der Waals surface area contributed by atoms with Gasteiger partial charge in [-0.2, -0.15) is 0 Å². The molecule has 112 valence electrons. The van der Waals surface area contributed by atoms with Gasteiger partial charge in [-0.05, 0) is 56.1 Å². The summed E-state index contributed by atoms with van der Waals surface area (Å²) in [5, 5.41) is 0. The van der Waals surface area contributed by atoms with Gasteiger partial charge in [-0.25, -0.2) is 0 Å². The minimum atomic E-state index is 0. The number of benzene rings is 1. The highest BCUT2D eigenvalue weighted by atomic mass is 35.5. The highest BCUT2D eigenvalue weighted by Crippen LogP contribution is 2.46. The number of halogens is 1. The summed E-state index contributed by atoms with van der Waals surface area (Å²) in [5.74, 6) is 2.57. The average molecular weight is 298 g/mol. The third-order valence-electron chi connectivity index (χ3n) is 4.37. The zero-order valence-electron chi connectivity index (χ0n) is 12.5. The van der Waals surface area contributed by atoms with Crippen LogP contribution in [0.2, 0.25) is 0 Å². The fourth-order valence-corrected chi connectivity index (χ4v) is 3.53. The summed E-state index contributed by atoms with van der Waals surface area (Å²) in [6.45, 7) is 2.63. The first-order chi connectivity index (χ1) is 9.20. The van der Waals surface area contributed by atoms with E-state index in [2.05, 4.69) is 38.1 Å². The third kappa shape index (κ3) is 2.61. The number of rotatable bonds is 4. The molecule has 0 spiro atoms. The zero-order chi connectivity index (χ0) is 13.4. The average Bonchev–Trinajstić information content (AvgIpc) is 2.95. The van der Waals surface area contributed by atoms with Crippen molar-refractivity contribution in [2.45, 2.75) is 38.6 Å². The van der Waals surface area contributed by atoms with Crippen molar-refractivity contribution in [3.63, 3.8) is 0 Å². The molecule has 1 aliphatic carbocycles. The Morgan fingerprint density at radius 3 is 2.55 bits per heavy atom. The van der Waals surface area contributed by atoms with Crippen molar-refractivity contribution in [2.75, 3.05) is 20.9 Å². The molecule has 0 N–H and O–H groups in total. The molecule has 0 bridgehead atoms. The molecule has 1 aliphatic heterocycles. The molecule has 1 heterocycles. The number of ether oxygens (including phenoxy) is 2. The molecule has 2 aliphatic rings. The van der Waals surface area contributed by atoms with E-state index in [-0.39, 0.29) is 12.4 Å². The largest absolute Gasteiger partial charge is 0.454 e. The van der Waals surface area contributed by atoms with Crippen molar-refractivity contribution in [3.8, 4) is 11.5 Å². The van der Waals surface area contributed by atoms with Crippen LogP contribution in [0.25, 0.3) is 0 Å². The summed E-state index contributed by atoms with van der Waals surface area (Å²) in [6.07, 6.45) is 5.07. The molecule has 0 amide bonds. The van der Waals surface area contributed by atoms with Crippen LogP contribution in [0.5, 0.6) is 11.5 Å². The Morgan fingerprint density at radius 1 is 1.20 bits per heavy atom. The summed E-state index contributed by atoms with van der Waals surface area (Å²) >= 11 is 0. The van der Waals surface area contributed by atoms with Gasteiger partial charge < -0.3 is 14.4 Å². The van der Waals surface area contributed by atoms with Crippen molar-refractivity contribution in [2.24, 2.45) is 5.92 Å². The van der Waals surface area contributed by atoms with Crippen LogP contribution in [0.15, 0.2) is 12.1 Å². The summed E-state index contributed by atoms with van der Waals surface area (Å²) in [7, 11) is 4.37. The third-order valence-corrected chi connectivity index (χ3v) is 4.37. The minimum Gasteiger partial charge on any atom is -0.454 e. The van der Waals surface area contributed by atoms with Gasteiger partial charge in [-0.15, -0.1) is 12.4 Å². The number of fused-ring (bicyclic) bond motifs is 2. The smallest absolute Gasteiger partial charge is 0.231 e. The maximum Gasteiger partial charge on any atom is 0.231 e. The summed E-state index contributed by atoms with van der Waals surface area (Å²) in [6, 6.07) is 4.92. The van der Waals surface area contributed by atoms with E-state index in [1.807, 2.05) is 0 Å². The molecule has 2 atom stereocenters. The molecule has 3 nitrogen and oxygen atoms in total. The molecule has 0 aromatic heterocycles. The van der Waals surface area contributed by atoms with Crippen LogP contribution >= 0.6 is 12.4 Å². The van der Waals surface area contributed by atoms with Gasteiger partial charge in [0, 0.05) is 6.04 Å². The second kappa shape index (κ2) is 6.23. The Kier molecular flexibility index (Phi) is 4.82. The van der Waals surface area contributed by atoms with Crippen molar-refractivity contribution < 1.29 is 9.47 Å². The van der Waals surface area contributed by atoms with Gasteiger partial charge in [0.25, 0.3) is 0 Å². The first-order valence-corrected chi connectivity index (χ1v) is 7.29. The van der Waals surface area contributed by atoms with Gasteiger partial charge in [-0.1, -0.05) is 19.8 Å². The summed E-state index contributed by atoms with van der Waals surface area (Å²) < 4.78 is 11.0. The van der Waals surface area contributed by atoms with E-state index in [1.165, 1.54) is 36.8 Å². The van der Waals surface area contributed by atoms with Crippen LogP contribution in [-0.2, 0) is 6.42 Å². The Morgan fingerprint density at radius 2 is 1.90 bits per heavy atom. The summed E-state index contributed by atoms with van der Waals surface area (Å²) in [4.78, 5) is 2.36. The maximum atomic E-state index is 5.53. The Labute approximate surface area is 127 Å². The van der Waals surface area contributed by atoms with Crippen LogP contribution in [0.4, 0.5) is 0 Å². The Bertz CT molecular complexity index is 476. The first-order valence-electron chi connectivity index (χ1n) is 7.29. The van der Waals surface area contributed by atoms with E-state index in [1.54, 1.807) is 0 Å². The molecule has 0 unspecified atom stereocenters. The van der Waals surface area contributed by atoms with Crippen molar-refractivity contribution in [3.05, 3.63) is 23.3 Å². The van der Waals surface area contributed by atoms with E-state index in [0.717, 1.165) is 17.4 Å². The van der Waals surface area contributed by atoms with E-state index in [0.29, 0.717) is 12.8 Å². The van der Waals surface area contributed by atoms with Crippen LogP contribution in [0.1, 0.15) is 43.4 Å². The van der Waals surface area contributed by atoms with Gasteiger partial charge in [-0.3, -0.25) is 0 Å². The van der Waals surface area contributed by atoms with Gasteiger partial charge in [0.2, 0.25) is 6.79 Å². The van der Waals surface area contributed by atoms with Gasteiger partial charge in [0.15, 0.2) is 11.5 Å². The topological polar surface area (TPSA) is 21.7 Å². The predicted octanol–water partition coefficient (Wildman–Crippen LogP) is 3.80. The fourth-order valence-electron chi connectivity index (χ4n) is 3.53. The van der Waals surface area contributed by atoms with Crippen LogP contribution in [0.3, 0.4) is 0 Å². The van der Waals surface area contributed by atoms with Crippen molar-refractivity contribution in [1.29, 1.82) is 0 Å². The molecular weight excluding hydrogens is 274 g/mol. The molecule has 1 aromatic rings. The lowest BCUT2D eigenvalue weighted by atomic mass is 9.94. The molecule has 3 rings (SSSR count). The minimum absolute atomic E-state index is 0. The Hall–Kier alpha value is -0.930. The quantitative estimate of drug-likeness (QED) is 0.844. The van der Waals surface area contributed by atoms with E-state index < -0.39 is 0 Å². The fraction of sp³-hybridized carbons (Fsp3) is 0.625. The summed E-state index contributed by atoms with van der Waals surface area (Å²) in [5.41, 5.74) is 2.89. The predicted molar refractivity (Wildman–Crippen MR) is 83.0 cm³/mol. The molecule has 0 fully saturated rings. The highest BCUT2D eigenvalue weighted by Gasteiger charge is 2.35. The lowest BCUT2D eigenvalue weighted by Gasteiger charge is -2.27. The monoisotopic (exact) mass is 297 g/mol.